The van der Waals surface area contributed by atoms with Crippen LogP contribution in [0, 0.1) is 6.57 Å². The minimum atomic E-state index is 0.638. The summed E-state index contributed by atoms with van der Waals surface area (Å²) in [5, 5.41) is 4.74. The van der Waals surface area contributed by atoms with Crippen molar-refractivity contribution in [1.29, 1.82) is 0 Å². The molecule has 0 spiro atoms. The van der Waals surface area contributed by atoms with Gasteiger partial charge in [0.25, 0.3) is 0 Å². The van der Waals surface area contributed by atoms with Gasteiger partial charge in [0, 0.05) is 16.7 Å². The van der Waals surface area contributed by atoms with E-state index in [1.54, 1.807) is 0 Å². The molecular weight excluding hydrogens is 631 g/mol. The van der Waals surface area contributed by atoms with E-state index in [2.05, 4.69) is 144 Å². The molecule has 0 atom stereocenters. The Hall–Kier alpha value is -7.15. The van der Waals surface area contributed by atoms with Crippen molar-refractivity contribution in [3.05, 3.63) is 199 Å². The Morgan fingerprint density at radius 1 is 0.365 bits per heavy atom. The fourth-order valence-corrected chi connectivity index (χ4v) is 7.12. The summed E-state index contributed by atoms with van der Waals surface area (Å²) >= 11 is 0. The first-order valence-corrected chi connectivity index (χ1v) is 17.4. The Balaban J connectivity index is 1.20. The summed E-state index contributed by atoms with van der Waals surface area (Å²) in [4.78, 5) is 13.7. The normalized spacial score (nSPS) is 11.1. The van der Waals surface area contributed by atoms with Gasteiger partial charge >= 0.3 is 0 Å². The molecule has 242 valence electrons. The maximum Gasteiger partial charge on any atom is 0.187 e. The van der Waals surface area contributed by atoms with Crippen molar-refractivity contribution >= 4 is 27.2 Å². The number of benzene rings is 8. The summed E-state index contributed by atoms with van der Waals surface area (Å²) in [7, 11) is 0. The quantitative estimate of drug-likeness (QED) is 0.166. The first-order valence-electron chi connectivity index (χ1n) is 17.4. The molecule has 1 aromatic heterocycles. The van der Waals surface area contributed by atoms with Gasteiger partial charge in [-0.1, -0.05) is 170 Å². The van der Waals surface area contributed by atoms with Crippen LogP contribution in [0.4, 0.5) is 5.69 Å². The highest BCUT2D eigenvalue weighted by atomic mass is 14.9. The van der Waals surface area contributed by atoms with Gasteiger partial charge in [0.2, 0.25) is 0 Å². The van der Waals surface area contributed by atoms with Crippen LogP contribution < -0.4 is 0 Å². The van der Waals surface area contributed by atoms with Crippen LogP contribution in [0.5, 0.6) is 0 Å². The van der Waals surface area contributed by atoms with Gasteiger partial charge in [0.1, 0.15) is 0 Å². The topological polar surface area (TPSA) is 30.1 Å². The Morgan fingerprint density at radius 2 is 0.923 bits per heavy atom. The molecule has 52 heavy (non-hydrogen) atoms. The largest absolute Gasteiger partial charge is 0.238 e. The van der Waals surface area contributed by atoms with Crippen molar-refractivity contribution in [2.45, 2.75) is 0 Å². The van der Waals surface area contributed by atoms with Crippen molar-refractivity contribution in [3.8, 4) is 67.3 Å². The molecule has 3 nitrogen and oxygen atoms in total. The van der Waals surface area contributed by atoms with E-state index in [1.807, 2.05) is 48.5 Å². The van der Waals surface area contributed by atoms with Gasteiger partial charge in [-0.2, -0.15) is 0 Å². The fourth-order valence-electron chi connectivity index (χ4n) is 7.12. The van der Waals surface area contributed by atoms with Crippen molar-refractivity contribution in [1.82, 2.24) is 9.97 Å². The highest BCUT2D eigenvalue weighted by molar-refractivity contribution is 6.07. The molecule has 0 aliphatic rings. The summed E-state index contributed by atoms with van der Waals surface area (Å²) in [5.41, 5.74) is 12.3. The minimum absolute atomic E-state index is 0.638. The molecule has 3 heteroatoms. The standard InChI is InChI=1S/C49H31N3/c1-50-41-27-24-34(25-28-41)45-31-40(30-39-17-9-10-18-42(39)45)44-29-26-33-12-8-11-19-43(33)48(44)37-22-20-36(21-23-37)47-32-46(35-13-4-2-5-14-35)51-49(52-47)38-15-6-3-7-16-38/h2-32H. The van der Waals surface area contributed by atoms with Crippen molar-refractivity contribution in [2.75, 3.05) is 0 Å². The third-order valence-corrected chi connectivity index (χ3v) is 9.71. The lowest BCUT2D eigenvalue weighted by Gasteiger charge is -2.17. The Labute approximate surface area is 303 Å². The zero-order chi connectivity index (χ0) is 34.9. The van der Waals surface area contributed by atoms with E-state index in [0.29, 0.717) is 11.5 Å². The molecule has 0 aliphatic carbocycles. The number of aromatic nitrogens is 2. The molecule has 0 N–H and O–H groups in total. The second-order valence-electron chi connectivity index (χ2n) is 12.9. The van der Waals surface area contributed by atoms with E-state index in [4.69, 9.17) is 16.5 Å². The molecular formula is C49H31N3. The molecule has 0 unspecified atom stereocenters. The second kappa shape index (κ2) is 13.3. The van der Waals surface area contributed by atoms with Gasteiger partial charge in [-0.05, 0) is 73.1 Å². The van der Waals surface area contributed by atoms with Gasteiger partial charge in [0.05, 0.1) is 18.0 Å². The summed E-state index contributed by atoms with van der Waals surface area (Å²) in [6, 6.07) is 65.5. The predicted octanol–water partition coefficient (Wildman–Crippen LogP) is 13.3. The zero-order valence-corrected chi connectivity index (χ0v) is 28.2. The number of hydrogen-bond acceptors (Lipinski definition) is 2. The summed E-state index contributed by atoms with van der Waals surface area (Å²) in [6.45, 7) is 7.44. The Bertz CT molecular complexity index is 2710. The molecule has 0 bridgehead atoms. The maximum absolute atomic E-state index is 7.44. The minimum Gasteiger partial charge on any atom is -0.238 e. The van der Waals surface area contributed by atoms with E-state index in [1.165, 1.54) is 27.1 Å². The molecule has 0 fully saturated rings. The molecule has 0 saturated carbocycles. The maximum atomic E-state index is 7.44. The van der Waals surface area contributed by atoms with Crippen LogP contribution >= 0.6 is 0 Å². The molecule has 9 rings (SSSR count). The van der Waals surface area contributed by atoms with E-state index in [-0.39, 0.29) is 0 Å². The molecule has 1 heterocycles. The van der Waals surface area contributed by atoms with Gasteiger partial charge in [0.15, 0.2) is 11.5 Å². The van der Waals surface area contributed by atoms with Crippen LogP contribution in [0.3, 0.4) is 0 Å². The summed E-state index contributed by atoms with van der Waals surface area (Å²) in [6.07, 6.45) is 0. The van der Waals surface area contributed by atoms with Crippen molar-refractivity contribution < 1.29 is 0 Å². The van der Waals surface area contributed by atoms with Gasteiger partial charge in [-0.25, -0.2) is 14.8 Å². The van der Waals surface area contributed by atoms with Gasteiger partial charge in [-0.15, -0.1) is 0 Å². The molecule has 0 saturated heterocycles. The highest BCUT2D eigenvalue weighted by Gasteiger charge is 2.16. The Kier molecular flexibility index (Phi) is 7.89. The van der Waals surface area contributed by atoms with Crippen LogP contribution in [0.25, 0.3) is 93.7 Å². The van der Waals surface area contributed by atoms with Crippen LogP contribution in [-0.2, 0) is 0 Å². The van der Waals surface area contributed by atoms with Crippen LogP contribution in [0.15, 0.2) is 188 Å². The summed E-state index contributed by atoms with van der Waals surface area (Å²) in [5.74, 6) is 0.702. The third-order valence-electron chi connectivity index (χ3n) is 9.71. The van der Waals surface area contributed by atoms with Crippen molar-refractivity contribution in [2.24, 2.45) is 0 Å². The first-order chi connectivity index (χ1) is 25.7. The SMILES string of the molecule is [C-]#[N+]c1ccc(-c2cc(-c3ccc4ccccc4c3-c3ccc(-c4cc(-c5ccccc5)nc(-c5ccccc5)n4)cc3)cc3ccccc23)cc1. The number of fused-ring (bicyclic) bond motifs is 2. The molecule has 0 amide bonds. The number of hydrogen-bond donors (Lipinski definition) is 0. The number of nitrogens with zero attached hydrogens (tertiary/aromatic N) is 3. The molecule has 0 radical (unpaired) electrons. The number of rotatable bonds is 6. The molecule has 0 aliphatic heterocycles. The van der Waals surface area contributed by atoms with E-state index in [9.17, 15) is 0 Å². The lowest BCUT2D eigenvalue weighted by atomic mass is 9.87. The second-order valence-corrected chi connectivity index (χ2v) is 12.9. The smallest absolute Gasteiger partial charge is 0.187 e. The first kappa shape index (κ1) is 30.9. The van der Waals surface area contributed by atoms with Gasteiger partial charge in [-0.3, -0.25) is 0 Å². The lowest BCUT2D eigenvalue weighted by Crippen LogP contribution is -1.96. The summed E-state index contributed by atoms with van der Waals surface area (Å²) < 4.78 is 0. The van der Waals surface area contributed by atoms with E-state index < -0.39 is 0 Å². The van der Waals surface area contributed by atoms with Gasteiger partial charge < -0.3 is 0 Å². The van der Waals surface area contributed by atoms with Crippen LogP contribution in [0.1, 0.15) is 0 Å². The molecule has 9 aromatic rings. The Morgan fingerprint density at radius 3 is 1.62 bits per heavy atom. The predicted molar refractivity (Wildman–Crippen MR) is 216 cm³/mol. The monoisotopic (exact) mass is 661 g/mol. The zero-order valence-electron chi connectivity index (χ0n) is 28.2. The fraction of sp³-hybridized carbons (Fsp3) is 0. The average molecular weight is 662 g/mol. The van der Waals surface area contributed by atoms with E-state index >= 15 is 0 Å². The van der Waals surface area contributed by atoms with Crippen LogP contribution in [0.2, 0.25) is 0 Å². The average Bonchev–Trinajstić information content (AvgIpc) is 3.23. The van der Waals surface area contributed by atoms with Crippen LogP contribution in [-0.4, -0.2) is 9.97 Å². The van der Waals surface area contributed by atoms with E-state index in [0.717, 1.165) is 55.9 Å². The lowest BCUT2D eigenvalue weighted by molar-refractivity contribution is 1.18. The highest BCUT2D eigenvalue weighted by Crippen LogP contribution is 2.42. The van der Waals surface area contributed by atoms with Crippen molar-refractivity contribution in [3.63, 3.8) is 0 Å². The molecule has 8 aromatic carbocycles. The third kappa shape index (κ3) is 5.79.